The van der Waals surface area contributed by atoms with E-state index in [1.54, 1.807) is 4.90 Å². The summed E-state index contributed by atoms with van der Waals surface area (Å²) in [6, 6.07) is 0. The van der Waals surface area contributed by atoms with E-state index in [0.29, 0.717) is 13.1 Å². The fourth-order valence-corrected chi connectivity index (χ4v) is 0.914. The van der Waals surface area contributed by atoms with E-state index < -0.39 is 0 Å². The molecule has 0 saturated carbocycles. The van der Waals surface area contributed by atoms with E-state index in [1.807, 2.05) is 13.8 Å². The summed E-state index contributed by atoms with van der Waals surface area (Å²) in [6.45, 7) is 6.61. The molecule has 0 aliphatic carbocycles. The molecule has 0 aliphatic heterocycles. The molecule has 0 spiro atoms. The molecule has 0 aromatic heterocycles. The molecule has 0 unspecified atom stereocenters. The van der Waals surface area contributed by atoms with Crippen LogP contribution in [0.5, 0.6) is 0 Å². The molecule has 0 radical (unpaired) electrons. The van der Waals surface area contributed by atoms with Gasteiger partial charge in [0, 0.05) is 13.1 Å². The molecule has 0 rings (SSSR count). The fourth-order valence-electron chi connectivity index (χ4n) is 0.914. The van der Waals surface area contributed by atoms with Gasteiger partial charge in [0.05, 0.1) is 13.0 Å². The summed E-state index contributed by atoms with van der Waals surface area (Å²) < 4.78 is 4.29. The molecule has 5 heteroatoms. The van der Waals surface area contributed by atoms with Gasteiger partial charge in [-0.3, -0.25) is 4.79 Å². The number of amides is 1. The van der Waals surface area contributed by atoms with Crippen LogP contribution in [0.1, 0.15) is 20.3 Å². The van der Waals surface area contributed by atoms with Crippen molar-refractivity contribution in [2.45, 2.75) is 20.3 Å². The standard InChI is InChI=1S/C8H14NO3.Na/c1-3-9(4-2)8(11)5-6-12-7-10;/h3-6H2,1-2H3;/q-1;+1. The van der Waals surface area contributed by atoms with E-state index in [9.17, 15) is 9.59 Å². The van der Waals surface area contributed by atoms with E-state index in [4.69, 9.17) is 0 Å². The van der Waals surface area contributed by atoms with Gasteiger partial charge in [0.2, 0.25) is 5.91 Å². The molecule has 0 aromatic carbocycles. The third-order valence-corrected chi connectivity index (χ3v) is 1.59. The van der Waals surface area contributed by atoms with Gasteiger partial charge >= 0.3 is 29.6 Å². The van der Waals surface area contributed by atoms with E-state index in [2.05, 4.69) is 4.74 Å². The molecule has 4 nitrogen and oxygen atoms in total. The first-order chi connectivity index (χ1) is 5.76. The number of nitrogens with zero attached hydrogens (tertiary/aromatic N) is 1. The van der Waals surface area contributed by atoms with Crippen molar-refractivity contribution in [3.8, 4) is 0 Å². The molecule has 13 heavy (non-hydrogen) atoms. The molecular formula is C8H14NNaO3. The van der Waals surface area contributed by atoms with Crippen LogP contribution in [0.4, 0.5) is 0 Å². The Balaban J connectivity index is 0. The summed E-state index contributed by atoms with van der Waals surface area (Å²) in [5.41, 5.74) is 0. The Labute approximate surface area is 101 Å². The van der Waals surface area contributed by atoms with E-state index in [-0.39, 0.29) is 48.5 Å². The van der Waals surface area contributed by atoms with Crippen LogP contribution >= 0.6 is 0 Å². The Morgan fingerprint density at radius 3 is 2.31 bits per heavy atom. The minimum Gasteiger partial charge on any atom is -0.652 e. The van der Waals surface area contributed by atoms with Crippen molar-refractivity contribution in [3.05, 3.63) is 0 Å². The number of carbonyl (C=O) groups is 1. The Hall–Kier alpha value is -0.0600. The minimum absolute atomic E-state index is 0. The Morgan fingerprint density at radius 2 is 1.92 bits per heavy atom. The van der Waals surface area contributed by atoms with Crippen LogP contribution in [0.2, 0.25) is 0 Å². The molecule has 0 aromatic rings. The van der Waals surface area contributed by atoms with Gasteiger partial charge < -0.3 is 14.4 Å². The van der Waals surface area contributed by atoms with Crippen LogP contribution in [-0.2, 0) is 14.3 Å². The van der Waals surface area contributed by atoms with Crippen molar-refractivity contribution in [3.63, 3.8) is 0 Å². The van der Waals surface area contributed by atoms with E-state index >= 15 is 0 Å². The van der Waals surface area contributed by atoms with Gasteiger partial charge in [-0.1, -0.05) is 6.47 Å². The maximum Gasteiger partial charge on any atom is 1.00 e. The molecule has 0 saturated heterocycles. The quantitative estimate of drug-likeness (QED) is 0.264. The summed E-state index contributed by atoms with van der Waals surface area (Å²) >= 11 is 0. The second-order valence-electron chi connectivity index (χ2n) is 2.25. The Kier molecular flexibility index (Phi) is 11.9. The van der Waals surface area contributed by atoms with Crippen molar-refractivity contribution in [2.24, 2.45) is 0 Å². The van der Waals surface area contributed by atoms with Gasteiger partial charge in [0.1, 0.15) is 0 Å². The topological polar surface area (TPSA) is 46.6 Å². The number of carbonyl (C=O) groups excluding carboxylic acids is 2. The average molecular weight is 195 g/mol. The van der Waals surface area contributed by atoms with Crippen molar-refractivity contribution in [2.75, 3.05) is 19.7 Å². The van der Waals surface area contributed by atoms with Crippen LogP contribution < -0.4 is 29.6 Å². The van der Waals surface area contributed by atoms with Gasteiger partial charge in [-0.25, -0.2) is 0 Å². The molecule has 0 aliphatic rings. The van der Waals surface area contributed by atoms with Gasteiger partial charge in [0.25, 0.3) is 0 Å². The van der Waals surface area contributed by atoms with Crippen molar-refractivity contribution < 1.29 is 43.9 Å². The molecule has 0 atom stereocenters. The first-order valence-electron chi connectivity index (χ1n) is 4.02. The number of hydrogen-bond donors (Lipinski definition) is 0. The molecule has 70 valence electrons. The third-order valence-electron chi connectivity index (χ3n) is 1.59. The zero-order valence-corrected chi connectivity index (χ0v) is 10.5. The van der Waals surface area contributed by atoms with Gasteiger partial charge in [-0.05, 0) is 13.8 Å². The third kappa shape index (κ3) is 7.05. The van der Waals surface area contributed by atoms with Crippen LogP contribution in [0.15, 0.2) is 0 Å². The zero-order valence-electron chi connectivity index (χ0n) is 8.50. The molecule has 0 fully saturated rings. The summed E-state index contributed by atoms with van der Waals surface area (Å²) in [5, 5.41) is 0. The molecule has 1 amide bonds. The van der Waals surface area contributed by atoms with Gasteiger partial charge in [-0.15, -0.1) is 0 Å². The van der Waals surface area contributed by atoms with E-state index in [0.717, 1.165) is 0 Å². The second-order valence-corrected chi connectivity index (χ2v) is 2.25. The second kappa shape index (κ2) is 10.0. The van der Waals surface area contributed by atoms with Crippen LogP contribution in [0.25, 0.3) is 0 Å². The number of ether oxygens (including phenoxy) is 1. The maximum absolute atomic E-state index is 11.2. The van der Waals surface area contributed by atoms with Crippen molar-refractivity contribution in [1.82, 2.24) is 4.90 Å². The SMILES string of the molecule is CCN(CC)C(=O)CCO[C-]=O.[Na+]. The van der Waals surface area contributed by atoms with Gasteiger partial charge in [-0.2, -0.15) is 0 Å². The summed E-state index contributed by atoms with van der Waals surface area (Å²) in [7, 11) is 0. The maximum atomic E-state index is 11.2. The number of hydrogen-bond acceptors (Lipinski definition) is 3. The fraction of sp³-hybridized carbons (Fsp3) is 0.750. The zero-order chi connectivity index (χ0) is 9.40. The normalized spacial score (nSPS) is 8.46. The predicted octanol–water partition coefficient (Wildman–Crippen LogP) is -2.67. The smallest absolute Gasteiger partial charge is 0.652 e. The molecular weight excluding hydrogens is 181 g/mol. The van der Waals surface area contributed by atoms with Crippen molar-refractivity contribution in [1.29, 1.82) is 0 Å². The first-order valence-corrected chi connectivity index (χ1v) is 4.02. The largest absolute Gasteiger partial charge is 1.00 e. The summed E-state index contributed by atoms with van der Waals surface area (Å²) in [5.74, 6) is 0.00949. The van der Waals surface area contributed by atoms with Crippen LogP contribution in [-0.4, -0.2) is 37.0 Å². The number of rotatable bonds is 6. The van der Waals surface area contributed by atoms with Crippen LogP contribution in [0.3, 0.4) is 0 Å². The van der Waals surface area contributed by atoms with Gasteiger partial charge in [0.15, 0.2) is 0 Å². The monoisotopic (exact) mass is 195 g/mol. The predicted molar refractivity (Wildman–Crippen MR) is 44.2 cm³/mol. The van der Waals surface area contributed by atoms with Crippen LogP contribution in [0, 0.1) is 0 Å². The van der Waals surface area contributed by atoms with Crippen molar-refractivity contribution >= 4 is 12.4 Å². The van der Waals surface area contributed by atoms with E-state index in [1.165, 1.54) is 6.47 Å². The Bertz CT molecular complexity index is 148. The summed E-state index contributed by atoms with van der Waals surface area (Å²) in [6.07, 6.45) is 0.247. The summed E-state index contributed by atoms with van der Waals surface area (Å²) in [4.78, 5) is 22.5. The molecule has 0 heterocycles. The first kappa shape index (κ1) is 15.4. The minimum atomic E-state index is 0. The molecule has 0 bridgehead atoms. The molecule has 0 N–H and O–H groups in total. The average Bonchev–Trinajstić information content (AvgIpc) is 2.07. The Morgan fingerprint density at radius 1 is 1.38 bits per heavy atom.